The van der Waals surface area contributed by atoms with Crippen molar-refractivity contribution in [2.45, 2.75) is 19.6 Å². The summed E-state index contributed by atoms with van der Waals surface area (Å²) in [5.41, 5.74) is 7.05. The fourth-order valence-electron chi connectivity index (χ4n) is 1.95. The molecule has 0 aliphatic heterocycles. The van der Waals surface area contributed by atoms with E-state index in [1.54, 1.807) is 18.4 Å². The summed E-state index contributed by atoms with van der Waals surface area (Å²) >= 11 is 1.76. The highest BCUT2D eigenvalue weighted by Crippen LogP contribution is 2.31. The van der Waals surface area contributed by atoms with Gasteiger partial charge in [-0.25, -0.2) is 0 Å². The second kappa shape index (κ2) is 6.85. The molecule has 2 aromatic rings. The van der Waals surface area contributed by atoms with E-state index in [2.05, 4.69) is 24.3 Å². The molecule has 18 heavy (non-hydrogen) atoms. The van der Waals surface area contributed by atoms with Gasteiger partial charge < -0.3 is 15.2 Å². The zero-order valence-corrected chi connectivity index (χ0v) is 11.5. The first-order valence-corrected chi connectivity index (χ1v) is 6.94. The van der Waals surface area contributed by atoms with Crippen LogP contribution in [-0.4, -0.2) is 20.3 Å². The van der Waals surface area contributed by atoms with Crippen LogP contribution in [0.25, 0.3) is 10.1 Å². The summed E-state index contributed by atoms with van der Waals surface area (Å²) in [6.07, 6.45) is 0.927. The van der Waals surface area contributed by atoms with Gasteiger partial charge in [-0.3, -0.25) is 0 Å². The summed E-state index contributed by atoms with van der Waals surface area (Å²) in [6.45, 7) is 2.69. The number of thiophene rings is 1. The van der Waals surface area contributed by atoms with Crippen molar-refractivity contribution in [3.8, 4) is 0 Å². The molecule has 2 rings (SSSR count). The highest BCUT2D eigenvalue weighted by Gasteiger charge is 2.10. The third-order valence-electron chi connectivity index (χ3n) is 2.85. The lowest BCUT2D eigenvalue weighted by Gasteiger charge is -2.05. The van der Waals surface area contributed by atoms with Crippen molar-refractivity contribution in [3.63, 3.8) is 0 Å². The number of benzene rings is 1. The Morgan fingerprint density at radius 2 is 2.06 bits per heavy atom. The van der Waals surface area contributed by atoms with Gasteiger partial charge in [0, 0.05) is 42.0 Å². The van der Waals surface area contributed by atoms with Gasteiger partial charge in [0.2, 0.25) is 0 Å². The van der Waals surface area contributed by atoms with Crippen molar-refractivity contribution in [3.05, 3.63) is 34.7 Å². The monoisotopic (exact) mass is 265 g/mol. The minimum absolute atomic E-state index is 0.579. The summed E-state index contributed by atoms with van der Waals surface area (Å²) in [5.74, 6) is 0. The second-order valence-electron chi connectivity index (χ2n) is 4.10. The largest absolute Gasteiger partial charge is 0.385 e. The maximum absolute atomic E-state index is 5.80. The van der Waals surface area contributed by atoms with Crippen LogP contribution >= 0.6 is 11.3 Å². The van der Waals surface area contributed by atoms with Crippen LogP contribution < -0.4 is 5.73 Å². The predicted molar refractivity (Wildman–Crippen MR) is 75.9 cm³/mol. The van der Waals surface area contributed by atoms with E-state index >= 15 is 0 Å². The van der Waals surface area contributed by atoms with Crippen LogP contribution in [0.4, 0.5) is 0 Å². The zero-order chi connectivity index (χ0) is 12.8. The van der Waals surface area contributed by atoms with Crippen LogP contribution in [0.3, 0.4) is 0 Å². The van der Waals surface area contributed by atoms with E-state index in [1.807, 2.05) is 0 Å². The van der Waals surface area contributed by atoms with Crippen molar-refractivity contribution in [2.24, 2.45) is 5.73 Å². The normalized spacial score (nSPS) is 11.2. The SMILES string of the molecule is COCCCOCc1c(CN)sc2ccccc12. The molecule has 1 heterocycles. The van der Waals surface area contributed by atoms with E-state index < -0.39 is 0 Å². The van der Waals surface area contributed by atoms with E-state index in [-0.39, 0.29) is 0 Å². The smallest absolute Gasteiger partial charge is 0.0734 e. The van der Waals surface area contributed by atoms with Gasteiger partial charge in [0.05, 0.1) is 6.61 Å². The van der Waals surface area contributed by atoms with Crippen LogP contribution in [0, 0.1) is 0 Å². The van der Waals surface area contributed by atoms with Crippen LogP contribution in [0.15, 0.2) is 24.3 Å². The van der Waals surface area contributed by atoms with Gasteiger partial charge in [0.25, 0.3) is 0 Å². The van der Waals surface area contributed by atoms with Crippen LogP contribution in [0.1, 0.15) is 16.9 Å². The Kier molecular flexibility index (Phi) is 5.13. The van der Waals surface area contributed by atoms with Crippen molar-refractivity contribution >= 4 is 21.4 Å². The van der Waals surface area contributed by atoms with Gasteiger partial charge >= 0.3 is 0 Å². The number of nitrogens with two attached hydrogens (primary N) is 1. The van der Waals surface area contributed by atoms with Crippen molar-refractivity contribution in [2.75, 3.05) is 20.3 Å². The zero-order valence-electron chi connectivity index (χ0n) is 10.6. The van der Waals surface area contributed by atoms with Gasteiger partial charge in [-0.05, 0) is 17.9 Å². The first-order chi connectivity index (χ1) is 8.86. The van der Waals surface area contributed by atoms with E-state index in [1.165, 1.54) is 20.5 Å². The predicted octanol–water partition coefficient (Wildman–Crippen LogP) is 2.91. The Morgan fingerprint density at radius 1 is 1.22 bits per heavy atom. The van der Waals surface area contributed by atoms with Gasteiger partial charge in [0.1, 0.15) is 0 Å². The molecule has 0 fully saturated rings. The van der Waals surface area contributed by atoms with Crippen molar-refractivity contribution < 1.29 is 9.47 Å². The maximum Gasteiger partial charge on any atom is 0.0734 e. The average Bonchev–Trinajstić information content (AvgIpc) is 2.77. The highest BCUT2D eigenvalue weighted by atomic mass is 32.1. The molecule has 3 nitrogen and oxygen atoms in total. The number of hydrogen-bond acceptors (Lipinski definition) is 4. The van der Waals surface area contributed by atoms with Gasteiger partial charge in [-0.1, -0.05) is 18.2 Å². The summed E-state index contributed by atoms with van der Waals surface area (Å²) in [7, 11) is 1.71. The van der Waals surface area contributed by atoms with Gasteiger partial charge in [-0.15, -0.1) is 11.3 Å². The molecule has 0 aliphatic carbocycles. The van der Waals surface area contributed by atoms with E-state index in [4.69, 9.17) is 15.2 Å². The lowest BCUT2D eigenvalue weighted by atomic mass is 10.1. The maximum atomic E-state index is 5.80. The minimum Gasteiger partial charge on any atom is -0.385 e. The standard InChI is InChI=1S/C14H19NO2S/c1-16-7-4-8-17-10-12-11-5-2-3-6-13(11)18-14(12)9-15/h2-3,5-6H,4,7-10,15H2,1H3. The molecule has 0 unspecified atom stereocenters. The third kappa shape index (κ3) is 3.09. The molecule has 0 atom stereocenters. The first-order valence-electron chi connectivity index (χ1n) is 6.13. The molecule has 98 valence electrons. The highest BCUT2D eigenvalue weighted by molar-refractivity contribution is 7.19. The molecular formula is C14H19NO2S. The van der Waals surface area contributed by atoms with Gasteiger partial charge in [-0.2, -0.15) is 0 Å². The molecule has 2 N–H and O–H groups in total. The number of fused-ring (bicyclic) bond motifs is 1. The Bertz CT molecular complexity index is 495. The molecule has 0 aliphatic rings. The lowest BCUT2D eigenvalue weighted by Crippen LogP contribution is -2.02. The fraction of sp³-hybridized carbons (Fsp3) is 0.429. The molecule has 0 spiro atoms. The van der Waals surface area contributed by atoms with Gasteiger partial charge in [0.15, 0.2) is 0 Å². The third-order valence-corrected chi connectivity index (χ3v) is 4.09. The van der Waals surface area contributed by atoms with Crippen molar-refractivity contribution in [1.29, 1.82) is 0 Å². The minimum atomic E-state index is 0.579. The van der Waals surface area contributed by atoms with Crippen LogP contribution in [0.5, 0.6) is 0 Å². The Labute approximate surface area is 112 Å². The van der Waals surface area contributed by atoms with E-state index in [9.17, 15) is 0 Å². The molecule has 0 bridgehead atoms. The number of rotatable bonds is 7. The Morgan fingerprint density at radius 3 is 2.83 bits per heavy atom. The summed E-state index contributed by atoms with van der Waals surface area (Å²) < 4.78 is 12.0. The van der Waals surface area contributed by atoms with Crippen LogP contribution in [0.2, 0.25) is 0 Å². The van der Waals surface area contributed by atoms with E-state index in [0.717, 1.165) is 19.6 Å². The molecule has 1 aromatic heterocycles. The van der Waals surface area contributed by atoms with Crippen LogP contribution in [-0.2, 0) is 22.6 Å². The molecule has 1 aromatic carbocycles. The molecule has 4 heteroatoms. The summed E-state index contributed by atoms with van der Waals surface area (Å²) in [6, 6.07) is 8.39. The summed E-state index contributed by atoms with van der Waals surface area (Å²) in [5, 5.41) is 1.27. The molecule has 0 saturated carbocycles. The van der Waals surface area contributed by atoms with E-state index in [0.29, 0.717) is 13.2 Å². The number of methoxy groups -OCH3 is 1. The average molecular weight is 265 g/mol. The van der Waals surface area contributed by atoms with Crippen molar-refractivity contribution in [1.82, 2.24) is 0 Å². The molecule has 0 saturated heterocycles. The number of ether oxygens (including phenoxy) is 2. The second-order valence-corrected chi connectivity index (χ2v) is 5.24. The quantitative estimate of drug-likeness (QED) is 0.783. The molecule has 0 radical (unpaired) electrons. The summed E-state index contributed by atoms with van der Waals surface area (Å²) in [4.78, 5) is 1.22. The first kappa shape index (κ1) is 13.5. The molecule has 0 amide bonds. The Hall–Kier alpha value is -0.940. The topological polar surface area (TPSA) is 44.5 Å². The number of hydrogen-bond donors (Lipinski definition) is 1. The fourth-order valence-corrected chi connectivity index (χ4v) is 3.04. The Balaban J connectivity index is 2.06. The molecular weight excluding hydrogens is 246 g/mol. The lowest BCUT2D eigenvalue weighted by molar-refractivity contribution is 0.0933.